The molecule has 1 saturated heterocycles. The lowest BCUT2D eigenvalue weighted by atomic mass is 10.0. The van der Waals surface area contributed by atoms with Crippen LogP contribution in [0, 0.1) is 0 Å². The molecule has 136 valence electrons. The van der Waals surface area contributed by atoms with Gasteiger partial charge >= 0.3 is 0 Å². The smallest absolute Gasteiger partial charge is 0.116 e. The topological polar surface area (TPSA) is 12.9 Å². The van der Waals surface area contributed by atoms with Gasteiger partial charge < -0.3 is 4.48 Å². The van der Waals surface area contributed by atoms with Gasteiger partial charge in [-0.05, 0) is 18.9 Å². The highest BCUT2D eigenvalue weighted by Crippen LogP contribution is 2.37. The summed E-state index contributed by atoms with van der Waals surface area (Å²) in [5, 5.41) is 0. The van der Waals surface area contributed by atoms with Crippen LogP contribution < -0.4 is 0 Å². The minimum atomic E-state index is 0.678. The standard InChI is InChI=1S/C22H39N2/c1-3-4-5-6-7-8-9-10-11-12-18-24(2)19-14-16-22(24)21-15-13-17-23-20-21/h13,15,17,20,22H,3-12,14,16,18-19H2,1-2H3/q+1. The van der Waals surface area contributed by atoms with Gasteiger partial charge in [0.2, 0.25) is 0 Å². The van der Waals surface area contributed by atoms with Crippen molar-refractivity contribution in [1.82, 2.24) is 4.98 Å². The van der Waals surface area contributed by atoms with Crippen molar-refractivity contribution >= 4 is 0 Å². The molecule has 2 heteroatoms. The van der Waals surface area contributed by atoms with Crippen LogP contribution in [0.3, 0.4) is 0 Å². The molecular weight excluding hydrogens is 292 g/mol. The van der Waals surface area contributed by atoms with Gasteiger partial charge in [0.1, 0.15) is 6.04 Å². The highest BCUT2D eigenvalue weighted by Gasteiger charge is 2.38. The number of quaternary nitrogens is 1. The second-order valence-electron chi connectivity index (χ2n) is 8.05. The van der Waals surface area contributed by atoms with Crippen LogP contribution in [0.25, 0.3) is 0 Å². The number of aromatic nitrogens is 1. The predicted molar refractivity (Wildman–Crippen MR) is 104 cm³/mol. The fourth-order valence-electron chi connectivity index (χ4n) is 4.44. The molecule has 0 aliphatic carbocycles. The van der Waals surface area contributed by atoms with Gasteiger partial charge in [0.25, 0.3) is 0 Å². The Kier molecular flexibility index (Phi) is 8.80. The zero-order valence-electron chi connectivity index (χ0n) is 16.2. The molecular formula is C22H39N2+. The van der Waals surface area contributed by atoms with E-state index in [1.54, 1.807) is 0 Å². The zero-order valence-corrected chi connectivity index (χ0v) is 16.2. The van der Waals surface area contributed by atoms with Crippen LogP contribution >= 0.6 is 0 Å². The second kappa shape index (κ2) is 10.9. The van der Waals surface area contributed by atoms with Gasteiger partial charge in [-0.15, -0.1) is 0 Å². The molecule has 1 aliphatic rings. The fourth-order valence-corrected chi connectivity index (χ4v) is 4.44. The molecule has 0 bridgehead atoms. The summed E-state index contributed by atoms with van der Waals surface area (Å²) in [6.07, 6.45) is 21.0. The first kappa shape index (κ1) is 19.4. The van der Waals surface area contributed by atoms with E-state index in [4.69, 9.17) is 0 Å². The average molecular weight is 332 g/mol. The Labute approximate surface area is 150 Å². The number of pyridine rings is 1. The van der Waals surface area contributed by atoms with E-state index >= 15 is 0 Å². The highest BCUT2D eigenvalue weighted by molar-refractivity contribution is 5.12. The highest BCUT2D eigenvalue weighted by atomic mass is 15.4. The summed E-state index contributed by atoms with van der Waals surface area (Å²) in [6, 6.07) is 5.05. The van der Waals surface area contributed by atoms with E-state index in [1.165, 1.54) is 100 Å². The molecule has 0 aromatic carbocycles. The third kappa shape index (κ3) is 6.20. The molecule has 2 unspecified atom stereocenters. The lowest BCUT2D eigenvalue weighted by Gasteiger charge is -2.36. The summed E-state index contributed by atoms with van der Waals surface area (Å²) >= 11 is 0. The molecule has 1 aromatic heterocycles. The van der Waals surface area contributed by atoms with Crippen LogP contribution in [0.2, 0.25) is 0 Å². The van der Waals surface area contributed by atoms with Crippen LogP contribution in [-0.4, -0.2) is 29.6 Å². The zero-order chi connectivity index (χ0) is 17.1. The number of likely N-dealkylation sites (tertiary alicyclic amines) is 1. The summed E-state index contributed by atoms with van der Waals surface area (Å²) in [5.74, 6) is 0. The van der Waals surface area contributed by atoms with Gasteiger partial charge in [0.05, 0.1) is 20.1 Å². The molecule has 0 N–H and O–H groups in total. The first-order valence-electron chi connectivity index (χ1n) is 10.5. The van der Waals surface area contributed by atoms with Crippen LogP contribution in [0.15, 0.2) is 24.5 Å². The number of hydrogen-bond acceptors (Lipinski definition) is 1. The first-order valence-corrected chi connectivity index (χ1v) is 10.5. The molecule has 1 aliphatic heterocycles. The van der Waals surface area contributed by atoms with Crippen LogP contribution in [-0.2, 0) is 0 Å². The minimum absolute atomic E-state index is 0.678. The van der Waals surface area contributed by atoms with Crippen molar-refractivity contribution in [2.75, 3.05) is 20.1 Å². The molecule has 24 heavy (non-hydrogen) atoms. The third-order valence-electron chi connectivity index (χ3n) is 5.99. The number of hydrogen-bond donors (Lipinski definition) is 0. The Hall–Kier alpha value is -0.890. The molecule has 0 saturated carbocycles. The Morgan fingerprint density at radius 2 is 1.67 bits per heavy atom. The minimum Gasteiger partial charge on any atom is -0.320 e. The first-order chi connectivity index (χ1) is 11.8. The molecule has 1 fully saturated rings. The van der Waals surface area contributed by atoms with Crippen molar-refractivity contribution in [3.05, 3.63) is 30.1 Å². The number of nitrogens with zero attached hydrogens (tertiary/aromatic N) is 2. The maximum Gasteiger partial charge on any atom is 0.116 e. The Morgan fingerprint density at radius 1 is 1.00 bits per heavy atom. The van der Waals surface area contributed by atoms with E-state index in [-0.39, 0.29) is 0 Å². The van der Waals surface area contributed by atoms with Gasteiger partial charge in [-0.25, -0.2) is 0 Å². The SMILES string of the molecule is CCCCCCCCCCCC[N+]1(C)CCCC1c1cccnc1. The molecule has 2 heterocycles. The monoisotopic (exact) mass is 331 g/mol. The Morgan fingerprint density at radius 3 is 2.29 bits per heavy atom. The predicted octanol–water partition coefficient (Wildman–Crippen LogP) is 6.28. The summed E-state index contributed by atoms with van der Waals surface area (Å²) in [5.41, 5.74) is 1.45. The maximum absolute atomic E-state index is 4.34. The van der Waals surface area contributed by atoms with E-state index in [9.17, 15) is 0 Å². The van der Waals surface area contributed by atoms with Crippen molar-refractivity contribution in [1.29, 1.82) is 0 Å². The van der Waals surface area contributed by atoms with Crippen LogP contribution in [0.4, 0.5) is 0 Å². The molecule has 0 amide bonds. The van der Waals surface area contributed by atoms with Crippen molar-refractivity contribution < 1.29 is 4.48 Å². The van der Waals surface area contributed by atoms with E-state index < -0.39 is 0 Å². The molecule has 2 rings (SSSR count). The van der Waals surface area contributed by atoms with Crippen LogP contribution in [0.1, 0.15) is 95.6 Å². The van der Waals surface area contributed by atoms with E-state index in [1.807, 2.05) is 6.20 Å². The quantitative estimate of drug-likeness (QED) is 0.324. The summed E-state index contributed by atoms with van der Waals surface area (Å²) < 4.78 is 1.24. The maximum atomic E-state index is 4.34. The number of rotatable bonds is 12. The largest absolute Gasteiger partial charge is 0.320 e. The van der Waals surface area contributed by atoms with E-state index in [0.717, 1.165) is 0 Å². The van der Waals surface area contributed by atoms with Crippen LogP contribution in [0.5, 0.6) is 0 Å². The Balaban J connectivity index is 1.59. The van der Waals surface area contributed by atoms with Gasteiger partial charge in [0.15, 0.2) is 0 Å². The second-order valence-corrected chi connectivity index (χ2v) is 8.05. The lowest BCUT2D eigenvalue weighted by Crippen LogP contribution is -2.43. The molecule has 1 aromatic rings. The van der Waals surface area contributed by atoms with Crippen molar-refractivity contribution in [3.63, 3.8) is 0 Å². The Bertz CT molecular complexity index is 431. The summed E-state index contributed by atoms with van der Waals surface area (Å²) in [6.45, 7) is 4.98. The fraction of sp³-hybridized carbons (Fsp3) is 0.773. The average Bonchev–Trinajstić information content (AvgIpc) is 2.99. The van der Waals surface area contributed by atoms with E-state index in [2.05, 4.69) is 37.3 Å². The van der Waals surface area contributed by atoms with Gasteiger partial charge in [-0.2, -0.15) is 0 Å². The molecule has 0 radical (unpaired) electrons. The lowest BCUT2D eigenvalue weighted by molar-refractivity contribution is -0.927. The van der Waals surface area contributed by atoms with Gasteiger partial charge in [0, 0.05) is 30.8 Å². The van der Waals surface area contributed by atoms with Crippen molar-refractivity contribution in [2.24, 2.45) is 0 Å². The number of unbranched alkanes of at least 4 members (excludes halogenated alkanes) is 9. The van der Waals surface area contributed by atoms with Gasteiger partial charge in [-0.1, -0.05) is 64.4 Å². The third-order valence-corrected chi connectivity index (χ3v) is 5.99. The van der Waals surface area contributed by atoms with E-state index in [0.29, 0.717) is 6.04 Å². The normalized spacial score (nSPS) is 23.7. The molecule has 2 nitrogen and oxygen atoms in total. The summed E-state index contributed by atoms with van der Waals surface area (Å²) in [4.78, 5) is 4.34. The molecule has 2 atom stereocenters. The summed E-state index contributed by atoms with van der Waals surface area (Å²) in [7, 11) is 2.47. The van der Waals surface area contributed by atoms with Crippen molar-refractivity contribution in [2.45, 2.75) is 90.0 Å². The van der Waals surface area contributed by atoms with Crippen molar-refractivity contribution in [3.8, 4) is 0 Å². The van der Waals surface area contributed by atoms with Gasteiger partial charge in [-0.3, -0.25) is 4.98 Å². The molecule has 0 spiro atoms.